The second-order valence-electron chi connectivity index (χ2n) is 11.0. The largest absolute Gasteiger partial charge is 0.488 e. The van der Waals surface area contributed by atoms with Crippen LogP contribution in [0.3, 0.4) is 0 Å². The highest BCUT2D eigenvalue weighted by atomic mass is 35.5. The zero-order valence-electron chi connectivity index (χ0n) is 24.3. The van der Waals surface area contributed by atoms with Crippen molar-refractivity contribution >= 4 is 11.6 Å². The zero-order valence-corrected chi connectivity index (χ0v) is 25.0. The summed E-state index contributed by atoms with van der Waals surface area (Å²) in [5, 5.41) is 9.91. The molecular formula is C35H34ClN3O4. The standard InChI is InChI=1S/C35H34ClN3O4/c1-24-14-29(21-39-10-3-2-4-11-39)33(42-22-26-15-25(18-37)19-38-20-26)17-32(24)43-23-28-6-5-7-30(35(28)36)27-8-9-31-34(16-27)41-13-12-40-31/h5-9,14-17,19-20H,2-4,10-13,21-23H2,1H3. The number of benzene rings is 3. The van der Waals surface area contributed by atoms with E-state index < -0.39 is 0 Å². The van der Waals surface area contributed by atoms with Gasteiger partial charge in [0.1, 0.15) is 44.0 Å². The Labute approximate surface area is 257 Å². The highest BCUT2D eigenvalue weighted by molar-refractivity contribution is 6.34. The van der Waals surface area contributed by atoms with E-state index >= 15 is 0 Å². The SMILES string of the molecule is Cc1cc(CN2CCCCC2)c(OCc2cncc(C#N)c2)cc1OCc1cccc(-c2ccc3c(c2)OCCO3)c1Cl. The van der Waals surface area contributed by atoms with Gasteiger partial charge in [0.2, 0.25) is 0 Å². The fraction of sp³-hybridized carbons (Fsp3) is 0.314. The smallest absolute Gasteiger partial charge is 0.161 e. The lowest BCUT2D eigenvalue weighted by atomic mass is 10.0. The van der Waals surface area contributed by atoms with Gasteiger partial charge in [-0.25, -0.2) is 0 Å². The van der Waals surface area contributed by atoms with Crippen molar-refractivity contribution < 1.29 is 18.9 Å². The molecule has 4 aromatic rings. The Balaban J connectivity index is 1.23. The van der Waals surface area contributed by atoms with Gasteiger partial charge >= 0.3 is 0 Å². The summed E-state index contributed by atoms with van der Waals surface area (Å²) in [7, 11) is 0. The van der Waals surface area contributed by atoms with Crippen molar-refractivity contribution in [2.75, 3.05) is 26.3 Å². The van der Waals surface area contributed by atoms with Gasteiger partial charge in [-0.15, -0.1) is 0 Å². The van der Waals surface area contributed by atoms with E-state index in [1.54, 1.807) is 18.5 Å². The summed E-state index contributed by atoms with van der Waals surface area (Å²) in [6.07, 6.45) is 7.00. The average molecular weight is 596 g/mol. The summed E-state index contributed by atoms with van der Waals surface area (Å²) in [5.41, 5.74) is 6.26. The highest BCUT2D eigenvalue weighted by Gasteiger charge is 2.18. The molecule has 2 aliphatic heterocycles. The van der Waals surface area contributed by atoms with Gasteiger partial charge in [-0.05, 0) is 68.2 Å². The molecule has 0 spiro atoms. The van der Waals surface area contributed by atoms with E-state index in [-0.39, 0.29) is 0 Å². The van der Waals surface area contributed by atoms with Crippen LogP contribution in [0.4, 0.5) is 0 Å². The van der Waals surface area contributed by atoms with Crippen molar-refractivity contribution in [3.8, 4) is 40.2 Å². The second kappa shape index (κ2) is 13.4. The molecule has 7 nitrogen and oxygen atoms in total. The summed E-state index contributed by atoms with van der Waals surface area (Å²) in [6, 6.07) is 20.0. The molecule has 0 amide bonds. The van der Waals surface area contributed by atoms with E-state index in [0.717, 1.165) is 76.0 Å². The van der Waals surface area contributed by atoms with Crippen LogP contribution < -0.4 is 18.9 Å². The van der Waals surface area contributed by atoms with Crippen LogP contribution in [0, 0.1) is 18.3 Å². The summed E-state index contributed by atoms with van der Waals surface area (Å²) in [6.45, 7) is 6.74. The van der Waals surface area contributed by atoms with E-state index in [4.69, 9.17) is 30.5 Å². The van der Waals surface area contributed by atoms with Crippen molar-refractivity contribution in [2.24, 2.45) is 0 Å². The Morgan fingerprint density at radius 1 is 0.884 bits per heavy atom. The van der Waals surface area contributed by atoms with Gasteiger partial charge in [0.05, 0.1) is 10.6 Å². The molecule has 3 heterocycles. The van der Waals surface area contributed by atoms with Crippen LogP contribution in [-0.2, 0) is 19.8 Å². The number of rotatable bonds is 9. The topological polar surface area (TPSA) is 76.8 Å². The molecule has 1 fully saturated rings. The zero-order chi connectivity index (χ0) is 29.6. The van der Waals surface area contributed by atoms with Crippen molar-refractivity contribution in [1.82, 2.24) is 9.88 Å². The minimum atomic E-state index is 0.303. The van der Waals surface area contributed by atoms with E-state index in [9.17, 15) is 5.26 Å². The average Bonchev–Trinajstić information content (AvgIpc) is 3.05. The minimum absolute atomic E-state index is 0.303. The molecular weight excluding hydrogens is 562 g/mol. The van der Waals surface area contributed by atoms with Crippen LogP contribution in [-0.4, -0.2) is 36.2 Å². The first-order valence-corrected chi connectivity index (χ1v) is 15.1. The number of nitrogens with zero attached hydrogens (tertiary/aromatic N) is 3. The molecule has 2 aliphatic rings. The van der Waals surface area contributed by atoms with Crippen molar-refractivity contribution in [3.05, 3.63) is 99.8 Å². The molecule has 0 bridgehead atoms. The molecule has 3 aromatic carbocycles. The number of likely N-dealkylation sites (tertiary alicyclic amines) is 1. The third-order valence-corrected chi connectivity index (χ3v) is 8.28. The Kier molecular flexibility index (Phi) is 8.97. The lowest BCUT2D eigenvalue weighted by molar-refractivity contribution is 0.171. The van der Waals surface area contributed by atoms with Crippen LogP contribution in [0.1, 0.15) is 47.1 Å². The maximum absolute atomic E-state index is 9.27. The number of nitriles is 1. The lowest BCUT2D eigenvalue weighted by Crippen LogP contribution is -2.29. The fourth-order valence-corrected chi connectivity index (χ4v) is 5.86. The predicted molar refractivity (Wildman–Crippen MR) is 166 cm³/mol. The predicted octanol–water partition coefficient (Wildman–Crippen LogP) is 7.50. The molecule has 6 rings (SSSR count). The monoisotopic (exact) mass is 595 g/mol. The highest BCUT2D eigenvalue weighted by Crippen LogP contribution is 2.38. The minimum Gasteiger partial charge on any atom is -0.488 e. The first kappa shape index (κ1) is 28.9. The van der Waals surface area contributed by atoms with Crippen LogP contribution in [0.2, 0.25) is 5.02 Å². The Hall–Kier alpha value is -4.25. The van der Waals surface area contributed by atoms with Gasteiger partial charge in [-0.1, -0.05) is 42.3 Å². The molecule has 1 aromatic heterocycles. The first-order chi connectivity index (χ1) is 21.1. The summed E-state index contributed by atoms with van der Waals surface area (Å²) in [4.78, 5) is 6.65. The molecule has 220 valence electrons. The van der Waals surface area contributed by atoms with E-state index in [2.05, 4.69) is 28.9 Å². The van der Waals surface area contributed by atoms with Gasteiger partial charge in [-0.2, -0.15) is 5.26 Å². The van der Waals surface area contributed by atoms with Crippen LogP contribution in [0.25, 0.3) is 11.1 Å². The lowest BCUT2D eigenvalue weighted by Gasteiger charge is -2.27. The van der Waals surface area contributed by atoms with Gasteiger partial charge < -0.3 is 18.9 Å². The van der Waals surface area contributed by atoms with Gasteiger partial charge in [-0.3, -0.25) is 9.88 Å². The van der Waals surface area contributed by atoms with Gasteiger partial charge in [0.25, 0.3) is 0 Å². The molecule has 0 atom stereocenters. The summed E-state index contributed by atoms with van der Waals surface area (Å²) >= 11 is 6.93. The number of aryl methyl sites for hydroxylation is 1. The van der Waals surface area contributed by atoms with Crippen molar-refractivity contribution in [2.45, 2.75) is 45.9 Å². The number of hydrogen-bond donors (Lipinski definition) is 0. The maximum Gasteiger partial charge on any atom is 0.161 e. The summed E-state index contributed by atoms with van der Waals surface area (Å²) < 4.78 is 24.2. The van der Waals surface area contributed by atoms with E-state index in [1.807, 2.05) is 42.5 Å². The molecule has 43 heavy (non-hydrogen) atoms. The van der Waals surface area contributed by atoms with E-state index in [0.29, 0.717) is 37.0 Å². The molecule has 8 heteroatoms. The quantitative estimate of drug-likeness (QED) is 0.198. The number of piperidine rings is 1. The van der Waals surface area contributed by atoms with Crippen LogP contribution >= 0.6 is 11.6 Å². The van der Waals surface area contributed by atoms with Crippen LogP contribution in [0.15, 0.2) is 67.0 Å². The van der Waals surface area contributed by atoms with Gasteiger partial charge in [0, 0.05) is 47.3 Å². The Morgan fingerprint density at radius 2 is 1.70 bits per heavy atom. The molecule has 0 N–H and O–H groups in total. The van der Waals surface area contributed by atoms with Crippen LogP contribution in [0.5, 0.6) is 23.0 Å². The number of ether oxygens (including phenoxy) is 4. The fourth-order valence-electron chi connectivity index (χ4n) is 5.57. The third kappa shape index (κ3) is 6.88. The molecule has 1 saturated heterocycles. The Bertz CT molecular complexity index is 1650. The first-order valence-electron chi connectivity index (χ1n) is 14.7. The number of halogens is 1. The number of fused-ring (bicyclic) bond motifs is 1. The van der Waals surface area contributed by atoms with E-state index in [1.165, 1.54) is 19.3 Å². The number of hydrogen-bond acceptors (Lipinski definition) is 7. The molecule has 0 unspecified atom stereocenters. The molecule has 0 saturated carbocycles. The number of aromatic nitrogens is 1. The third-order valence-electron chi connectivity index (χ3n) is 7.83. The summed E-state index contributed by atoms with van der Waals surface area (Å²) in [5.74, 6) is 2.98. The molecule has 0 radical (unpaired) electrons. The van der Waals surface area contributed by atoms with Crippen molar-refractivity contribution in [1.29, 1.82) is 5.26 Å². The normalized spacial score (nSPS) is 14.6. The number of pyridine rings is 1. The van der Waals surface area contributed by atoms with Gasteiger partial charge in [0.15, 0.2) is 11.5 Å². The second-order valence-corrected chi connectivity index (χ2v) is 11.3. The maximum atomic E-state index is 9.27. The molecule has 0 aliphatic carbocycles. The van der Waals surface area contributed by atoms with Crippen molar-refractivity contribution in [3.63, 3.8) is 0 Å². The Morgan fingerprint density at radius 3 is 2.53 bits per heavy atom.